The molecule has 1 atom stereocenters. The first kappa shape index (κ1) is 21.9. The second-order valence-corrected chi connectivity index (χ2v) is 9.48. The van der Waals surface area contributed by atoms with E-state index in [-0.39, 0.29) is 12.5 Å². The highest BCUT2D eigenvalue weighted by molar-refractivity contribution is 8.02. The lowest BCUT2D eigenvalue weighted by molar-refractivity contribution is -0.149. The zero-order chi connectivity index (χ0) is 21.7. The minimum absolute atomic E-state index is 0.171. The number of rotatable bonds is 7. The van der Waals surface area contributed by atoms with Crippen LogP contribution < -0.4 is 4.90 Å². The van der Waals surface area contributed by atoms with E-state index in [4.69, 9.17) is 4.74 Å². The fourth-order valence-corrected chi connectivity index (χ4v) is 5.80. The standard InChI is InChI=1S/C25H30N2O3S/c1-2-30-24(29)25(19-20-11-5-3-6-12-20)23(28)27(18-17-26-15-9-4-10-16-26)21-13-7-8-14-22(21)31-25/h3,5-8,11-14H,2,4,9-10,15-19H2,1H3. The third-order valence-electron chi connectivity index (χ3n) is 6.02. The Balaban J connectivity index is 1.69. The van der Waals surface area contributed by atoms with Crippen LogP contribution in [0.4, 0.5) is 5.69 Å². The lowest BCUT2D eigenvalue weighted by Crippen LogP contribution is -2.57. The minimum Gasteiger partial charge on any atom is -0.465 e. The normalized spacial score (nSPS) is 21.6. The summed E-state index contributed by atoms with van der Waals surface area (Å²) in [7, 11) is 0. The van der Waals surface area contributed by atoms with Crippen molar-refractivity contribution in [3.63, 3.8) is 0 Å². The van der Waals surface area contributed by atoms with E-state index >= 15 is 0 Å². The van der Waals surface area contributed by atoms with E-state index < -0.39 is 10.7 Å². The van der Waals surface area contributed by atoms with Gasteiger partial charge in [-0.05, 0) is 50.6 Å². The van der Waals surface area contributed by atoms with Crippen LogP contribution in [0.1, 0.15) is 31.7 Å². The van der Waals surface area contributed by atoms with Gasteiger partial charge in [-0.15, -0.1) is 0 Å². The van der Waals surface area contributed by atoms with Crippen LogP contribution in [-0.2, 0) is 20.7 Å². The van der Waals surface area contributed by atoms with Crippen molar-refractivity contribution in [2.24, 2.45) is 0 Å². The summed E-state index contributed by atoms with van der Waals surface area (Å²) in [6, 6.07) is 17.6. The molecule has 6 heteroatoms. The topological polar surface area (TPSA) is 49.9 Å². The summed E-state index contributed by atoms with van der Waals surface area (Å²) < 4.78 is 4.16. The highest BCUT2D eigenvalue weighted by atomic mass is 32.2. The summed E-state index contributed by atoms with van der Waals surface area (Å²) in [5.74, 6) is -0.623. The van der Waals surface area contributed by atoms with Gasteiger partial charge >= 0.3 is 5.97 Å². The summed E-state index contributed by atoms with van der Waals surface area (Å²) >= 11 is 1.34. The maximum atomic E-state index is 14.0. The van der Waals surface area contributed by atoms with Crippen molar-refractivity contribution >= 4 is 29.3 Å². The first-order chi connectivity index (χ1) is 15.1. The minimum atomic E-state index is -1.31. The number of amides is 1. The predicted molar refractivity (Wildman–Crippen MR) is 124 cm³/mol. The molecule has 1 unspecified atom stereocenters. The zero-order valence-electron chi connectivity index (χ0n) is 18.1. The molecular weight excluding hydrogens is 408 g/mol. The van der Waals surface area contributed by atoms with Gasteiger partial charge in [0.05, 0.1) is 12.3 Å². The molecule has 0 spiro atoms. The van der Waals surface area contributed by atoms with Gasteiger partial charge in [-0.3, -0.25) is 4.79 Å². The molecule has 4 rings (SSSR count). The van der Waals surface area contributed by atoms with Crippen LogP contribution in [0, 0.1) is 0 Å². The number of hydrogen-bond donors (Lipinski definition) is 0. The molecule has 1 saturated heterocycles. The zero-order valence-corrected chi connectivity index (χ0v) is 18.9. The molecule has 0 bridgehead atoms. The van der Waals surface area contributed by atoms with Gasteiger partial charge in [0.2, 0.25) is 4.75 Å². The van der Waals surface area contributed by atoms with Crippen molar-refractivity contribution in [1.29, 1.82) is 0 Å². The summed E-state index contributed by atoms with van der Waals surface area (Å²) in [6.45, 7) is 5.57. The lowest BCUT2D eigenvalue weighted by atomic mass is 9.95. The van der Waals surface area contributed by atoms with Crippen molar-refractivity contribution in [2.75, 3.05) is 37.7 Å². The summed E-state index contributed by atoms with van der Waals surface area (Å²) in [4.78, 5) is 32.5. The molecule has 2 aromatic rings. The van der Waals surface area contributed by atoms with Crippen molar-refractivity contribution < 1.29 is 14.3 Å². The summed E-state index contributed by atoms with van der Waals surface area (Å²) in [6.07, 6.45) is 4.01. The number of benzene rings is 2. The Bertz CT molecular complexity index is 914. The first-order valence-electron chi connectivity index (χ1n) is 11.2. The third kappa shape index (κ3) is 4.65. The van der Waals surface area contributed by atoms with Crippen LogP contribution in [0.2, 0.25) is 0 Å². The molecule has 0 aliphatic carbocycles. The van der Waals surface area contributed by atoms with Gasteiger partial charge in [0, 0.05) is 24.4 Å². The molecule has 164 valence electrons. The Morgan fingerprint density at radius 1 is 1.00 bits per heavy atom. The monoisotopic (exact) mass is 438 g/mol. The molecule has 0 saturated carbocycles. The Morgan fingerprint density at radius 3 is 2.45 bits per heavy atom. The number of likely N-dealkylation sites (tertiary alicyclic amines) is 1. The van der Waals surface area contributed by atoms with Crippen molar-refractivity contribution in [1.82, 2.24) is 4.90 Å². The predicted octanol–water partition coefficient (Wildman–Crippen LogP) is 4.16. The van der Waals surface area contributed by atoms with E-state index in [1.165, 1.54) is 31.0 Å². The second kappa shape index (κ2) is 9.88. The SMILES string of the molecule is CCOC(=O)C1(Cc2ccccc2)Sc2ccccc2N(CCN2CCCCC2)C1=O. The summed E-state index contributed by atoms with van der Waals surface area (Å²) in [5, 5.41) is 0. The van der Waals surface area contributed by atoms with E-state index in [0.717, 1.165) is 35.8 Å². The summed E-state index contributed by atoms with van der Waals surface area (Å²) in [5.41, 5.74) is 1.84. The van der Waals surface area contributed by atoms with E-state index in [1.54, 1.807) is 6.92 Å². The molecule has 5 nitrogen and oxygen atoms in total. The number of nitrogens with zero attached hydrogens (tertiary/aromatic N) is 2. The highest BCUT2D eigenvalue weighted by Crippen LogP contribution is 2.47. The van der Waals surface area contributed by atoms with Crippen LogP contribution in [0.25, 0.3) is 0 Å². The molecule has 0 N–H and O–H groups in total. The number of para-hydroxylation sites is 1. The van der Waals surface area contributed by atoms with Gasteiger partial charge in [0.1, 0.15) is 0 Å². The fourth-order valence-electron chi connectivity index (χ4n) is 4.42. The van der Waals surface area contributed by atoms with Gasteiger partial charge in [-0.1, -0.05) is 60.6 Å². The third-order valence-corrected chi connectivity index (χ3v) is 7.42. The number of anilines is 1. The molecular formula is C25H30N2O3S. The smallest absolute Gasteiger partial charge is 0.332 e. The van der Waals surface area contributed by atoms with Crippen LogP contribution in [-0.4, -0.2) is 54.3 Å². The molecule has 31 heavy (non-hydrogen) atoms. The molecule has 0 aromatic heterocycles. The van der Waals surface area contributed by atoms with Crippen molar-refractivity contribution in [3.05, 3.63) is 60.2 Å². The van der Waals surface area contributed by atoms with Crippen LogP contribution in [0.5, 0.6) is 0 Å². The molecule has 1 amide bonds. The largest absolute Gasteiger partial charge is 0.465 e. The number of carbonyl (C=O) groups is 2. The Morgan fingerprint density at radius 2 is 1.71 bits per heavy atom. The van der Waals surface area contributed by atoms with E-state index in [9.17, 15) is 9.59 Å². The molecule has 2 heterocycles. The number of piperidine rings is 1. The van der Waals surface area contributed by atoms with Gasteiger partial charge in [0.25, 0.3) is 5.91 Å². The first-order valence-corrected chi connectivity index (χ1v) is 12.0. The van der Waals surface area contributed by atoms with E-state index in [2.05, 4.69) is 4.90 Å². The maximum absolute atomic E-state index is 14.0. The quantitative estimate of drug-likeness (QED) is 0.480. The fraction of sp³-hybridized carbons (Fsp3) is 0.440. The number of ether oxygens (including phenoxy) is 1. The molecule has 2 aromatic carbocycles. The van der Waals surface area contributed by atoms with Gasteiger partial charge in [-0.2, -0.15) is 0 Å². The molecule has 1 fully saturated rings. The van der Waals surface area contributed by atoms with Crippen LogP contribution in [0.15, 0.2) is 59.5 Å². The van der Waals surface area contributed by atoms with Gasteiger partial charge in [-0.25, -0.2) is 4.79 Å². The molecule has 0 radical (unpaired) electrons. The van der Waals surface area contributed by atoms with Crippen LogP contribution in [0.3, 0.4) is 0 Å². The maximum Gasteiger partial charge on any atom is 0.332 e. The van der Waals surface area contributed by atoms with Crippen molar-refractivity contribution in [3.8, 4) is 0 Å². The van der Waals surface area contributed by atoms with Gasteiger partial charge < -0.3 is 14.5 Å². The second-order valence-electron chi connectivity index (χ2n) is 8.14. The average Bonchev–Trinajstić information content (AvgIpc) is 2.80. The van der Waals surface area contributed by atoms with E-state index in [0.29, 0.717) is 13.0 Å². The Labute approximate surface area is 188 Å². The highest BCUT2D eigenvalue weighted by Gasteiger charge is 2.54. The van der Waals surface area contributed by atoms with Crippen LogP contribution >= 0.6 is 11.8 Å². The number of thioether (sulfide) groups is 1. The van der Waals surface area contributed by atoms with Gasteiger partial charge in [0.15, 0.2) is 0 Å². The number of hydrogen-bond acceptors (Lipinski definition) is 5. The molecule has 2 aliphatic heterocycles. The average molecular weight is 439 g/mol. The molecule has 2 aliphatic rings. The Kier molecular flexibility index (Phi) is 6.98. The Hall–Kier alpha value is -2.31. The van der Waals surface area contributed by atoms with E-state index in [1.807, 2.05) is 59.5 Å². The van der Waals surface area contributed by atoms with Crippen molar-refractivity contribution in [2.45, 2.75) is 42.2 Å². The number of fused-ring (bicyclic) bond motifs is 1. The number of esters is 1. The number of carbonyl (C=O) groups excluding carboxylic acids is 2. The lowest BCUT2D eigenvalue weighted by Gasteiger charge is -2.41.